The van der Waals surface area contributed by atoms with Gasteiger partial charge in [0.2, 0.25) is 5.91 Å². The van der Waals surface area contributed by atoms with Crippen molar-refractivity contribution in [3.8, 4) is 0 Å². The topological polar surface area (TPSA) is 78.7 Å². The molecule has 1 atom stereocenters. The van der Waals surface area contributed by atoms with Crippen LogP contribution in [0.1, 0.15) is 12.7 Å². The molecule has 9 heteroatoms. The minimum absolute atomic E-state index is 0.00000857. The molecule has 1 fully saturated rings. The van der Waals surface area contributed by atoms with Gasteiger partial charge in [-0.3, -0.25) is 9.69 Å². The fourth-order valence-corrected chi connectivity index (χ4v) is 3.74. The van der Waals surface area contributed by atoms with Crippen molar-refractivity contribution in [1.82, 2.24) is 24.7 Å². The normalized spacial score (nSPS) is 16.3. The molecule has 0 bridgehead atoms. The molecule has 1 aromatic carbocycles. The van der Waals surface area contributed by atoms with Gasteiger partial charge in [0.05, 0.1) is 11.7 Å². The third kappa shape index (κ3) is 3.72. The number of nitrogens with one attached hydrogen (secondary N) is 1. The van der Waals surface area contributed by atoms with Crippen LogP contribution in [0, 0.1) is 6.92 Å². The van der Waals surface area contributed by atoms with Gasteiger partial charge in [-0.15, -0.1) is 15.3 Å². The minimum atomic E-state index is -0.204. The molecule has 0 saturated carbocycles. The fraction of sp³-hybridized carbons (Fsp3) is 0.368. The van der Waals surface area contributed by atoms with Crippen molar-refractivity contribution < 1.29 is 4.79 Å². The standard InChI is InChI=1S/C19H22BrN7O/c1-13(19(28)21-16-6-4-3-5-15(16)20)25-9-11-26(12-10-25)18-8-7-17-23-22-14(2)27(17)24-18/h3-8,13H,9-12H2,1-2H3,(H,21,28). The lowest BCUT2D eigenvalue weighted by Gasteiger charge is -2.37. The Labute approximate surface area is 171 Å². The summed E-state index contributed by atoms with van der Waals surface area (Å²) in [7, 11) is 0. The number of halogens is 1. The molecule has 1 N–H and O–H groups in total. The second kappa shape index (κ2) is 7.84. The van der Waals surface area contributed by atoms with E-state index in [1.54, 1.807) is 4.52 Å². The van der Waals surface area contributed by atoms with Crippen molar-refractivity contribution in [2.24, 2.45) is 0 Å². The van der Waals surface area contributed by atoms with Crippen LogP contribution in [-0.2, 0) is 4.79 Å². The van der Waals surface area contributed by atoms with E-state index in [4.69, 9.17) is 0 Å². The summed E-state index contributed by atoms with van der Waals surface area (Å²) < 4.78 is 2.64. The quantitative estimate of drug-likeness (QED) is 0.666. The average molecular weight is 444 g/mol. The van der Waals surface area contributed by atoms with Crippen molar-refractivity contribution in [2.45, 2.75) is 19.9 Å². The van der Waals surface area contributed by atoms with Crippen molar-refractivity contribution >= 4 is 39.0 Å². The Kier molecular flexibility index (Phi) is 5.27. The number of aromatic nitrogens is 4. The number of para-hydroxylation sites is 1. The lowest BCUT2D eigenvalue weighted by Crippen LogP contribution is -2.53. The maximum atomic E-state index is 12.7. The molecule has 1 aliphatic rings. The van der Waals surface area contributed by atoms with Gasteiger partial charge in [-0.2, -0.15) is 4.52 Å². The number of hydrogen-bond acceptors (Lipinski definition) is 6. The number of carbonyl (C=O) groups is 1. The van der Waals surface area contributed by atoms with Gasteiger partial charge in [0.25, 0.3) is 0 Å². The van der Waals surface area contributed by atoms with Crippen LogP contribution in [0.25, 0.3) is 5.65 Å². The number of fused-ring (bicyclic) bond motifs is 1. The average Bonchev–Trinajstić information content (AvgIpc) is 3.09. The van der Waals surface area contributed by atoms with Crippen LogP contribution in [0.2, 0.25) is 0 Å². The minimum Gasteiger partial charge on any atom is -0.353 e. The number of piperazine rings is 1. The van der Waals surface area contributed by atoms with Gasteiger partial charge in [-0.1, -0.05) is 12.1 Å². The predicted molar refractivity (Wildman–Crippen MR) is 112 cm³/mol. The van der Waals surface area contributed by atoms with Gasteiger partial charge in [0.1, 0.15) is 5.82 Å². The number of aryl methyl sites for hydroxylation is 1. The van der Waals surface area contributed by atoms with Crippen LogP contribution in [0.15, 0.2) is 40.9 Å². The number of anilines is 2. The van der Waals surface area contributed by atoms with E-state index >= 15 is 0 Å². The molecule has 3 heterocycles. The van der Waals surface area contributed by atoms with Crippen LogP contribution < -0.4 is 10.2 Å². The number of rotatable bonds is 4. The summed E-state index contributed by atoms with van der Waals surface area (Å²) in [6.45, 7) is 7.06. The summed E-state index contributed by atoms with van der Waals surface area (Å²) in [6, 6.07) is 11.3. The third-order valence-electron chi connectivity index (χ3n) is 5.10. The molecule has 0 spiro atoms. The highest BCUT2D eigenvalue weighted by molar-refractivity contribution is 9.10. The van der Waals surface area contributed by atoms with Gasteiger partial charge in [0.15, 0.2) is 11.5 Å². The number of hydrogen-bond donors (Lipinski definition) is 1. The van der Waals surface area contributed by atoms with Gasteiger partial charge in [-0.25, -0.2) is 0 Å². The van der Waals surface area contributed by atoms with Crippen LogP contribution in [0.4, 0.5) is 11.5 Å². The first-order chi connectivity index (χ1) is 13.5. The van der Waals surface area contributed by atoms with E-state index in [2.05, 4.69) is 46.3 Å². The lowest BCUT2D eigenvalue weighted by molar-refractivity contribution is -0.120. The molecule has 146 valence electrons. The molecule has 1 amide bonds. The second-order valence-corrected chi connectivity index (χ2v) is 7.73. The second-order valence-electron chi connectivity index (χ2n) is 6.88. The van der Waals surface area contributed by atoms with E-state index in [0.717, 1.165) is 53.6 Å². The van der Waals surface area contributed by atoms with E-state index in [9.17, 15) is 4.79 Å². The van der Waals surface area contributed by atoms with Crippen LogP contribution in [-0.4, -0.2) is 62.8 Å². The highest BCUT2D eigenvalue weighted by Gasteiger charge is 2.26. The molecule has 8 nitrogen and oxygen atoms in total. The summed E-state index contributed by atoms with van der Waals surface area (Å²) in [6.07, 6.45) is 0. The zero-order chi connectivity index (χ0) is 19.7. The molecule has 0 radical (unpaired) electrons. The van der Waals surface area contributed by atoms with Crippen LogP contribution >= 0.6 is 15.9 Å². The molecular weight excluding hydrogens is 422 g/mol. The molecular formula is C19H22BrN7O. The number of amides is 1. The van der Waals surface area contributed by atoms with Crippen LogP contribution in [0.5, 0.6) is 0 Å². The third-order valence-corrected chi connectivity index (χ3v) is 5.79. The predicted octanol–water partition coefficient (Wildman–Crippen LogP) is 2.34. The highest BCUT2D eigenvalue weighted by Crippen LogP contribution is 2.22. The zero-order valence-corrected chi connectivity index (χ0v) is 17.4. The number of carbonyl (C=O) groups excluding carboxylic acids is 1. The molecule has 28 heavy (non-hydrogen) atoms. The molecule has 3 aromatic rings. The summed E-state index contributed by atoms with van der Waals surface area (Å²) in [5, 5.41) is 15.8. The Morgan fingerprint density at radius 3 is 2.61 bits per heavy atom. The molecule has 2 aromatic heterocycles. The van der Waals surface area contributed by atoms with Crippen molar-refractivity contribution in [3.63, 3.8) is 0 Å². The Balaban J connectivity index is 1.38. The molecule has 1 unspecified atom stereocenters. The Hall–Kier alpha value is -2.52. The van der Waals surface area contributed by atoms with Gasteiger partial charge in [0, 0.05) is 30.7 Å². The first-order valence-electron chi connectivity index (χ1n) is 9.26. The van der Waals surface area contributed by atoms with Crippen molar-refractivity contribution in [2.75, 3.05) is 36.4 Å². The first kappa shape index (κ1) is 18.8. The van der Waals surface area contributed by atoms with Gasteiger partial charge in [-0.05, 0) is 54.0 Å². The molecule has 4 rings (SSSR count). The maximum Gasteiger partial charge on any atom is 0.241 e. The fourth-order valence-electron chi connectivity index (χ4n) is 3.36. The molecule has 0 aliphatic carbocycles. The van der Waals surface area contributed by atoms with Crippen molar-refractivity contribution in [1.29, 1.82) is 0 Å². The summed E-state index contributed by atoms with van der Waals surface area (Å²) in [5.41, 5.74) is 1.54. The van der Waals surface area contributed by atoms with E-state index in [1.807, 2.05) is 50.2 Å². The van der Waals surface area contributed by atoms with Gasteiger partial charge < -0.3 is 10.2 Å². The summed E-state index contributed by atoms with van der Waals surface area (Å²) in [4.78, 5) is 17.1. The highest BCUT2D eigenvalue weighted by atomic mass is 79.9. The smallest absolute Gasteiger partial charge is 0.241 e. The van der Waals surface area contributed by atoms with Crippen molar-refractivity contribution in [3.05, 3.63) is 46.7 Å². The Morgan fingerprint density at radius 1 is 1.11 bits per heavy atom. The van der Waals surface area contributed by atoms with E-state index < -0.39 is 0 Å². The zero-order valence-electron chi connectivity index (χ0n) is 15.8. The maximum absolute atomic E-state index is 12.7. The SMILES string of the molecule is Cc1nnc2ccc(N3CCN(C(C)C(=O)Nc4ccccc4Br)CC3)nn12. The monoisotopic (exact) mass is 443 g/mol. The summed E-state index contributed by atoms with van der Waals surface area (Å²) >= 11 is 3.47. The molecule has 1 saturated heterocycles. The first-order valence-corrected chi connectivity index (χ1v) is 10.1. The Bertz CT molecular complexity index is 997. The number of nitrogens with zero attached hydrogens (tertiary/aromatic N) is 6. The van der Waals surface area contributed by atoms with Gasteiger partial charge >= 0.3 is 0 Å². The van der Waals surface area contributed by atoms with Crippen LogP contribution in [0.3, 0.4) is 0 Å². The Morgan fingerprint density at radius 2 is 1.86 bits per heavy atom. The lowest BCUT2D eigenvalue weighted by atomic mass is 10.2. The number of benzene rings is 1. The van der Waals surface area contributed by atoms with E-state index in [1.165, 1.54) is 0 Å². The van der Waals surface area contributed by atoms with E-state index in [0.29, 0.717) is 0 Å². The molecule has 1 aliphatic heterocycles. The summed E-state index contributed by atoms with van der Waals surface area (Å²) in [5.74, 6) is 1.67. The largest absolute Gasteiger partial charge is 0.353 e. The van der Waals surface area contributed by atoms with E-state index in [-0.39, 0.29) is 11.9 Å².